The Balaban J connectivity index is 1.66. The van der Waals surface area contributed by atoms with E-state index >= 15 is 0 Å². The van der Waals surface area contributed by atoms with Crippen LogP contribution in [0.4, 0.5) is 18.9 Å². The van der Waals surface area contributed by atoms with Gasteiger partial charge in [0.1, 0.15) is 5.75 Å². The summed E-state index contributed by atoms with van der Waals surface area (Å²) in [5.74, 6) is -0.587. The molecule has 0 bridgehead atoms. The maximum absolute atomic E-state index is 13.3. The van der Waals surface area contributed by atoms with Crippen molar-refractivity contribution in [2.45, 2.75) is 36.2 Å². The van der Waals surface area contributed by atoms with Crippen LogP contribution in [0.2, 0.25) is 0 Å². The summed E-state index contributed by atoms with van der Waals surface area (Å²) in [4.78, 5) is 6.29. The van der Waals surface area contributed by atoms with E-state index in [1.165, 1.54) is 16.4 Å². The Labute approximate surface area is 172 Å². The van der Waals surface area contributed by atoms with Gasteiger partial charge in [0.05, 0.1) is 28.9 Å². The average molecular weight is 442 g/mol. The van der Waals surface area contributed by atoms with Gasteiger partial charge in [-0.25, -0.2) is 8.42 Å². The second kappa shape index (κ2) is 7.71. The smallest absolute Gasteiger partial charge is 0.406 e. The summed E-state index contributed by atoms with van der Waals surface area (Å²) in [5, 5.41) is 0. The van der Waals surface area contributed by atoms with E-state index in [0.29, 0.717) is 11.4 Å². The first kappa shape index (κ1) is 20.9. The van der Waals surface area contributed by atoms with Crippen LogP contribution in [0.3, 0.4) is 0 Å². The van der Waals surface area contributed by atoms with Crippen molar-refractivity contribution < 1.29 is 26.3 Å². The zero-order chi connectivity index (χ0) is 21.5. The van der Waals surface area contributed by atoms with Gasteiger partial charge < -0.3 is 10.5 Å². The van der Waals surface area contributed by atoms with Crippen LogP contribution >= 0.6 is 0 Å². The summed E-state index contributed by atoms with van der Waals surface area (Å²) in [5.41, 5.74) is 7.05. The lowest BCUT2D eigenvalue weighted by Crippen LogP contribution is -2.43. The zero-order valence-electron chi connectivity index (χ0n) is 15.9. The third-order valence-electron chi connectivity index (χ3n) is 5.38. The number of ether oxygens (including phenoxy) is 1. The minimum Gasteiger partial charge on any atom is -0.406 e. The second-order valence-electron chi connectivity index (χ2n) is 7.36. The van der Waals surface area contributed by atoms with Gasteiger partial charge in [-0.2, -0.15) is 0 Å². The van der Waals surface area contributed by atoms with E-state index in [2.05, 4.69) is 14.6 Å². The SMILES string of the molecule is NC1CCN(C2CN(S(=O)(=O)c3cccc(OC(F)(F)F)c3)c3cccnc32)CC1. The van der Waals surface area contributed by atoms with Crippen LogP contribution in [0, 0.1) is 0 Å². The Morgan fingerprint density at radius 1 is 1.13 bits per heavy atom. The number of halogens is 3. The van der Waals surface area contributed by atoms with Crippen molar-refractivity contribution >= 4 is 15.7 Å². The molecule has 1 unspecified atom stereocenters. The first-order chi connectivity index (χ1) is 14.1. The predicted molar refractivity (Wildman–Crippen MR) is 103 cm³/mol. The van der Waals surface area contributed by atoms with E-state index in [1.54, 1.807) is 18.3 Å². The fourth-order valence-corrected chi connectivity index (χ4v) is 5.45. The molecule has 3 heterocycles. The van der Waals surface area contributed by atoms with Gasteiger partial charge in [0.2, 0.25) is 0 Å². The lowest BCUT2D eigenvalue weighted by Gasteiger charge is -2.34. The molecule has 1 saturated heterocycles. The van der Waals surface area contributed by atoms with Crippen molar-refractivity contribution in [3.63, 3.8) is 0 Å². The topological polar surface area (TPSA) is 88.8 Å². The minimum absolute atomic E-state index is 0.127. The molecule has 30 heavy (non-hydrogen) atoms. The van der Waals surface area contributed by atoms with Crippen LogP contribution in [0.5, 0.6) is 5.75 Å². The molecular weight excluding hydrogens is 421 g/mol. The molecule has 0 radical (unpaired) electrons. The summed E-state index contributed by atoms with van der Waals surface area (Å²) in [6.45, 7) is 1.59. The second-order valence-corrected chi connectivity index (χ2v) is 9.22. The van der Waals surface area contributed by atoms with Crippen molar-refractivity contribution in [3.8, 4) is 5.75 Å². The van der Waals surface area contributed by atoms with Crippen molar-refractivity contribution in [1.82, 2.24) is 9.88 Å². The zero-order valence-corrected chi connectivity index (χ0v) is 16.7. The van der Waals surface area contributed by atoms with Gasteiger partial charge in [0, 0.05) is 31.4 Å². The Morgan fingerprint density at radius 2 is 1.87 bits per heavy atom. The fraction of sp³-hybridized carbons (Fsp3) is 0.421. The number of pyridine rings is 1. The molecule has 2 aliphatic heterocycles. The van der Waals surface area contributed by atoms with Crippen LogP contribution in [-0.4, -0.2) is 50.3 Å². The number of piperidine rings is 1. The van der Waals surface area contributed by atoms with Crippen LogP contribution in [0.1, 0.15) is 24.6 Å². The lowest BCUT2D eigenvalue weighted by molar-refractivity contribution is -0.274. The monoisotopic (exact) mass is 442 g/mol. The van der Waals surface area contributed by atoms with Crippen LogP contribution < -0.4 is 14.8 Å². The molecule has 1 fully saturated rings. The maximum Gasteiger partial charge on any atom is 0.573 e. The Bertz CT molecular complexity index is 1020. The van der Waals surface area contributed by atoms with E-state index in [4.69, 9.17) is 5.73 Å². The van der Waals surface area contributed by atoms with E-state index in [0.717, 1.165) is 38.1 Å². The number of hydrogen-bond acceptors (Lipinski definition) is 6. The highest BCUT2D eigenvalue weighted by atomic mass is 32.2. The summed E-state index contributed by atoms with van der Waals surface area (Å²) >= 11 is 0. The van der Waals surface area contributed by atoms with Gasteiger partial charge >= 0.3 is 6.36 Å². The molecule has 11 heteroatoms. The summed E-state index contributed by atoms with van der Waals surface area (Å²) in [7, 11) is -4.12. The van der Waals surface area contributed by atoms with Crippen molar-refractivity contribution in [2.75, 3.05) is 23.9 Å². The quantitative estimate of drug-likeness (QED) is 0.783. The number of sulfonamides is 1. The molecule has 162 valence electrons. The molecule has 0 saturated carbocycles. The molecule has 2 aromatic rings. The number of aromatic nitrogens is 1. The van der Waals surface area contributed by atoms with Crippen LogP contribution in [0.15, 0.2) is 47.5 Å². The first-order valence-corrected chi connectivity index (χ1v) is 10.9. The number of hydrogen-bond donors (Lipinski definition) is 1. The predicted octanol–water partition coefficient (Wildman–Crippen LogP) is 2.65. The highest BCUT2D eigenvalue weighted by Gasteiger charge is 2.41. The van der Waals surface area contributed by atoms with E-state index in [1.807, 2.05) is 0 Å². The van der Waals surface area contributed by atoms with Gasteiger partial charge in [0.25, 0.3) is 10.0 Å². The molecule has 2 N–H and O–H groups in total. The van der Waals surface area contributed by atoms with Crippen molar-refractivity contribution in [1.29, 1.82) is 0 Å². The van der Waals surface area contributed by atoms with Gasteiger partial charge in [-0.15, -0.1) is 13.2 Å². The fourth-order valence-electron chi connectivity index (χ4n) is 3.92. The molecule has 1 aromatic carbocycles. The lowest BCUT2D eigenvalue weighted by atomic mass is 10.0. The van der Waals surface area contributed by atoms with Gasteiger partial charge in [-0.3, -0.25) is 14.2 Å². The Hall–Kier alpha value is -2.37. The third kappa shape index (κ3) is 4.09. The van der Waals surface area contributed by atoms with Crippen LogP contribution in [0.25, 0.3) is 0 Å². The standard InChI is InChI=1S/C19H21F3N4O3S/c20-19(21,22)29-14-3-1-4-15(11-14)30(27,28)26-12-17(18-16(26)5-2-8-24-18)25-9-6-13(23)7-10-25/h1-5,8,11,13,17H,6-7,9-10,12,23H2. The molecule has 0 amide bonds. The van der Waals surface area contributed by atoms with Gasteiger partial charge in [-0.05, 0) is 37.1 Å². The largest absolute Gasteiger partial charge is 0.573 e. The molecule has 7 nitrogen and oxygen atoms in total. The minimum atomic E-state index is -4.91. The molecule has 1 aromatic heterocycles. The van der Waals surface area contributed by atoms with E-state index in [9.17, 15) is 21.6 Å². The summed E-state index contributed by atoms with van der Waals surface area (Å²) in [6, 6.07) is 7.60. The van der Waals surface area contributed by atoms with Crippen LogP contribution in [-0.2, 0) is 10.0 Å². The normalized spacial score (nSPS) is 20.9. The highest BCUT2D eigenvalue weighted by molar-refractivity contribution is 7.92. The molecule has 4 rings (SSSR count). The van der Waals surface area contributed by atoms with E-state index < -0.39 is 22.1 Å². The molecular formula is C19H21F3N4O3S. The number of alkyl halides is 3. The highest BCUT2D eigenvalue weighted by Crippen LogP contribution is 2.41. The molecule has 0 spiro atoms. The van der Waals surface area contributed by atoms with Crippen molar-refractivity contribution in [3.05, 3.63) is 48.3 Å². The Morgan fingerprint density at radius 3 is 2.57 bits per heavy atom. The number of anilines is 1. The number of nitrogens with two attached hydrogens (primary N) is 1. The third-order valence-corrected chi connectivity index (χ3v) is 7.16. The maximum atomic E-state index is 13.3. The summed E-state index contributed by atoms with van der Waals surface area (Å²) in [6.07, 6.45) is -1.69. The molecule has 2 aliphatic rings. The number of rotatable bonds is 4. The Kier molecular flexibility index (Phi) is 5.37. The molecule has 0 aliphatic carbocycles. The number of benzene rings is 1. The molecule has 1 atom stereocenters. The van der Waals surface area contributed by atoms with Gasteiger partial charge in [-0.1, -0.05) is 6.07 Å². The average Bonchev–Trinajstić information content (AvgIpc) is 3.08. The van der Waals surface area contributed by atoms with Crippen molar-refractivity contribution in [2.24, 2.45) is 5.73 Å². The first-order valence-electron chi connectivity index (χ1n) is 9.48. The summed E-state index contributed by atoms with van der Waals surface area (Å²) < 4.78 is 69.4. The van der Waals surface area contributed by atoms with Gasteiger partial charge in [0.15, 0.2) is 0 Å². The number of fused-ring (bicyclic) bond motifs is 1. The van der Waals surface area contributed by atoms with E-state index in [-0.39, 0.29) is 23.5 Å². The number of likely N-dealkylation sites (tertiary alicyclic amines) is 1. The number of nitrogens with zero attached hydrogens (tertiary/aromatic N) is 3.